The lowest BCUT2D eigenvalue weighted by Crippen LogP contribution is -2.42. The maximum Gasteiger partial charge on any atom is 0.0795 e. The molecule has 1 fully saturated rings. The van der Waals surface area contributed by atoms with E-state index in [1.165, 1.54) is 19.3 Å². The third kappa shape index (κ3) is 3.27. The number of hydrogen-bond donors (Lipinski definition) is 1. The first-order chi connectivity index (χ1) is 7.68. The minimum Gasteiger partial charge on any atom is -0.389 e. The lowest BCUT2D eigenvalue weighted by atomic mass is 9.84. The second kappa shape index (κ2) is 5.25. The molecule has 0 bridgehead atoms. The number of nitrogens with zero attached hydrogens (tertiary/aromatic N) is 2. The van der Waals surface area contributed by atoms with E-state index in [0.717, 1.165) is 31.6 Å². The van der Waals surface area contributed by atoms with Crippen LogP contribution in [0, 0.1) is 0 Å². The molecule has 0 aromatic carbocycles. The summed E-state index contributed by atoms with van der Waals surface area (Å²) in [4.78, 5) is 6.45. The Labute approximate surface area is 101 Å². The fourth-order valence-corrected chi connectivity index (χ4v) is 3.07. The Hall–Kier alpha value is -0.450. The molecule has 1 heterocycles. The highest BCUT2D eigenvalue weighted by atomic mass is 32.1. The molecule has 1 aromatic rings. The predicted octanol–water partition coefficient (Wildman–Crippen LogP) is 2.27. The Bertz CT molecular complexity index is 307. The minimum absolute atomic E-state index is 0.455. The Morgan fingerprint density at radius 3 is 2.81 bits per heavy atom. The molecule has 0 atom stereocenters. The molecule has 0 aliphatic heterocycles. The SMILES string of the molecule is CN(Cc1cscn1)CC1(O)CCCCC1. The lowest BCUT2D eigenvalue weighted by Gasteiger charge is -2.35. The van der Waals surface area contributed by atoms with Crippen molar-refractivity contribution in [2.75, 3.05) is 13.6 Å². The molecule has 0 saturated heterocycles. The quantitative estimate of drug-likeness (QED) is 0.877. The summed E-state index contributed by atoms with van der Waals surface area (Å²) < 4.78 is 0. The highest BCUT2D eigenvalue weighted by Crippen LogP contribution is 2.28. The number of thiazole rings is 1. The average Bonchev–Trinajstić information content (AvgIpc) is 2.70. The number of aromatic nitrogens is 1. The van der Waals surface area contributed by atoms with E-state index in [2.05, 4.69) is 22.3 Å². The van der Waals surface area contributed by atoms with Gasteiger partial charge in [-0.15, -0.1) is 11.3 Å². The van der Waals surface area contributed by atoms with Gasteiger partial charge in [-0.3, -0.25) is 4.90 Å². The Kier molecular flexibility index (Phi) is 3.95. The zero-order valence-electron chi connectivity index (χ0n) is 9.85. The third-order valence-corrected chi connectivity index (χ3v) is 3.90. The molecule has 90 valence electrons. The molecule has 3 nitrogen and oxygen atoms in total. The van der Waals surface area contributed by atoms with Gasteiger partial charge in [0.2, 0.25) is 0 Å². The van der Waals surface area contributed by atoms with Gasteiger partial charge in [0, 0.05) is 18.5 Å². The first-order valence-electron chi connectivity index (χ1n) is 5.96. The summed E-state index contributed by atoms with van der Waals surface area (Å²) in [6, 6.07) is 0. The maximum atomic E-state index is 10.4. The molecule has 0 spiro atoms. The van der Waals surface area contributed by atoms with Crippen molar-refractivity contribution in [2.24, 2.45) is 0 Å². The Morgan fingerprint density at radius 2 is 2.19 bits per heavy atom. The molecule has 1 aliphatic rings. The van der Waals surface area contributed by atoms with Gasteiger partial charge in [0.25, 0.3) is 0 Å². The van der Waals surface area contributed by atoms with Crippen LogP contribution in [0.2, 0.25) is 0 Å². The van der Waals surface area contributed by atoms with E-state index in [9.17, 15) is 5.11 Å². The first kappa shape index (κ1) is 12.0. The van der Waals surface area contributed by atoms with Gasteiger partial charge in [-0.05, 0) is 19.9 Å². The van der Waals surface area contributed by atoms with E-state index in [1.54, 1.807) is 11.3 Å². The normalized spacial score (nSPS) is 20.2. The van der Waals surface area contributed by atoms with Crippen LogP contribution in [0.5, 0.6) is 0 Å². The van der Waals surface area contributed by atoms with Crippen molar-refractivity contribution in [3.05, 3.63) is 16.6 Å². The molecule has 0 unspecified atom stereocenters. The molecule has 1 N–H and O–H groups in total. The fraction of sp³-hybridized carbons (Fsp3) is 0.750. The van der Waals surface area contributed by atoms with Crippen LogP contribution in [0.1, 0.15) is 37.8 Å². The van der Waals surface area contributed by atoms with Crippen molar-refractivity contribution >= 4 is 11.3 Å². The van der Waals surface area contributed by atoms with Gasteiger partial charge in [-0.2, -0.15) is 0 Å². The molecule has 2 rings (SSSR count). The Morgan fingerprint density at radius 1 is 1.44 bits per heavy atom. The van der Waals surface area contributed by atoms with Crippen molar-refractivity contribution in [1.82, 2.24) is 9.88 Å². The average molecular weight is 240 g/mol. The summed E-state index contributed by atoms with van der Waals surface area (Å²) in [6.07, 6.45) is 5.52. The number of rotatable bonds is 4. The van der Waals surface area contributed by atoms with Crippen LogP contribution in [-0.4, -0.2) is 34.2 Å². The summed E-state index contributed by atoms with van der Waals surface area (Å²) >= 11 is 1.63. The van der Waals surface area contributed by atoms with Crippen molar-refractivity contribution in [1.29, 1.82) is 0 Å². The van der Waals surface area contributed by atoms with Crippen LogP contribution >= 0.6 is 11.3 Å². The van der Waals surface area contributed by atoms with E-state index < -0.39 is 5.60 Å². The van der Waals surface area contributed by atoms with Crippen LogP contribution < -0.4 is 0 Å². The molecule has 4 heteroatoms. The van der Waals surface area contributed by atoms with E-state index in [4.69, 9.17) is 0 Å². The van der Waals surface area contributed by atoms with Gasteiger partial charge in [0.1, 0.15) is 0 Å². The fourth-order valence-electron chi connectivity index (χ4n) is 2.52. The number of aliphatic hydroxyl groups is 1. The van der Waals surface area contributed by atoms with Crippen molar-refractivity contribution in [3.8, 4) is 0 Å². The van der Waals surface area contributed by atoms with Gasteiger partial charge in [-0.1, -0.05) is 19.3 Å². The van der Waals surface area contributed by atoms with Crippen molar-refractivity contribution in [3.63, 3.8) is 0 Å². The van der Waals surface area contributed by atoms with Crippen LogP contribution in [0.25, 0.3) is 0 Å². The first-order valence-corrected chi connectivity index (χ1v) is 6.90. The zero-order chi connectivity index (χ0) is 11.4. The summed E-state index contributed by atoms with van der Waals surface area (Å²) in [5, 5.41) is 12.5. The predicted molar refractivity (Wildman–Crippen MR) is 66.5 cm³/mol. The van der Waals surface area contributed by atoms with Crippen LogP contribution in [0.4, 0.5) is 0 Å². The summed E-state index contributed by atoms with van der Waals surface area (Å²) in [5.74, 6) is 0. The van der Waals surface area contributed by atoms with Gasteiger partial charge in [0.15, 0.2) is 0 Å². The highest BCUT2D eigenvalue weighted by Gasteiger charge is 2.30. The molecular weight excluding hydrogens is 220 g/mol. The molecule has 1 aromatic heterocycles. The van der Waals surface area contributed by atoms with E-state index >= 15 is 0 Å². The highest BCUT2D eigenvalue weighted by molar-refractivity contribution is 7.07. The van der Waals surface area contributed by atoms with Gasteiger partial charge < -0.3 is 5.11 Å². The zero-order valence-corrected chi connectivity index (χ0v) is 10.7. The van der Waals surface area contributed by atoms with Crippen LogP contribution in [-0.2, 0) is 6.54 Å². The number of likely N-dealkylation sites (N-methyl/N-ethyl adjacent to an activating group) is 1. The van der Waals surface area contributed by atoms with E-state index in [1.807, 2.05) is 5.51 Å². The molecule has 1 saturated carbocycles. The summed E-state index contributed by atoms with van der Waals surface area (Å²) in [7, 11) is 2.06. The second-order valence-corrected chi connectivity index (χ2v) is 5.66. The van der Waals surface area contributed by atoms with Gasteiger partial charge >= 0.3 is 0 Å². The van der Waals surface area contributed by atoms with E-state index in [0.29, 0.717) is 0 Å². The molecule has 1 aliphatic carbocycles. The summed E-state index contributed by atoms with van der Waals surface area (Å²) in [5.41, 5.74) is 2.51. The molecule has 16 heavy (non-hydrogen) atoms. The Balaban J connectivity index is 1.84. The van der Waals surface area contributed by atoms with Crippen molar-refractivity contribution < 1.29 is 5.11 Å². The topological polar surface area (TPSA) is 36.4 Å². The van der Waals surface area contributed by atoms with Gasteiger partial charge in [0.05, 0.1) is 16.8 Å². The molecule has 0 amide bonds. The standard InChI is InChI=1S/C12H20N2OS/c1-14(7-11-8-16-10-13-11)9-12(15)5-3-2-4-6-12/h8,10,15H,2-7,9H2,1H3. The van der Waals surface area contributed by atoms with Crippen molar-refractivity contribution in [2.45, 2.75) is 44.2 Å². The van der Waals surface area contributed by atoms with Crippen LogP contribution in [0.15, 0.2) is 10.9 Å². The molecular formula is C12H20N2OS. The second-order valence-electron chi connectivity index (χ2n) is 4.94. The smallest absolute Gasteiger partial charge is 0.0795 e. The van der Waals surface area contributed by atoms with Gasteiger partial charge in [-0.25, -0.2) is 4.98 Å². The largest absolute Gasteiger partial charge is 0.389 e. The number of hydrogen-bond acceptors (Lipinski definition) is 4. The molecule has 0 radical (unpaired) electrons. The monoisotopic (exact) mass is 240 g/mol. The van der Waals surface area contributed by atoms with Crippen LogP contribution in [0.3, 0.4) is 0 Å². The van der Waals surface area contributed by atoms with E-state index in [-0.39, 0.29) is 0 Å². The maximum absolute atomic E-state index is 10.4. The lowest BCUT2D eigenvalue weighted by molar-refractivity contribution is -0.0225. The summed E-state index contributed by atoms with van der Waals surface area (Å²) in [6.45, 7) is 1.61. The minimum atomic E-state index is -0.455. The third-order valence-electron chi connectivity index (χ3n) is 3.26.